The van der Waals surface area contributed by atoms with Gasteiger partial charge in [-0.1, -0.05) is 35.9 Å². The van der Waals surface area contributed by atoms with Crippen LogP contribution < -0.4 is 11.1 Å². The molecule has 3 aromatic carbocycles. The third-order valence-electron chi connectivity index (χ3n) is 5.17. The van der Waals surface area contributed by atoms with Gasteiger partial charge in [0.05, 0.1) is 21.5 Å². The van der Waals surface area contributed by atoms with E-state index < -0.39 is 21.8 Å². The van der Waals surface area contributed by atoms with Crippen LogP contribution in [-0.4, -0.2) is 37.6 Å². The second kappa shape index (κ2) is 12.2. The molecule has 3 rings (SSSR count). The van der Waals surface area contributed by atoms with E-state index in [0.29, 0.717) is 18.1 Å². The number of aromatic hydroxyl groups is 1. The van der Waals surface area contributed by atoms with Crippen LogP contribution in [0.15, 0.2) is 76.5 Å². The lowest BCUT2D eigenvalue weighted by Gasteiger charge is -2.12. The van der Waals surface area contributed by atoms with Crippen molar-refractivity contribution in [2.24, 2.45) is 5.73 Å². The van der Waals surface area contributed by atoms with Crippen LogP contribution in [0, 0.1) is 0 Å². The summed E-state index contributed by atoms with van der Waals surface area (Å²) in [4.78, 5) is 11.4. The first kappa shape index (κ1) is 27.6. The van der Waals surface area contributed by atoms with Crippen LogP contribution in [-0.2, 0) is 16.3 Å². The first-order valence-electron chi connectivity index (χ1n) is 10.3. The molecular weight excluding hydrogens is 499 g/mol. The van der Waals surface area contributed by atoms with E-state index in [1.54, 1.807) is 30.3 Å². The van der Waals surface area contributed by atoms with Crippen molar-refractivity contribution < 1.29 is 23.4 Å². The van der Waals surface area contributed by atoms with Gasteiger partial charge in [-0.2, -0.15) is 0 Å². The molecular formula is C24H26Cl2N2O5S. The van der Waals surface area contributed by atoms with Crippen LogP contribution in [0.1, 0.15) is 34.0 Å². The molecule has 3 aromatic rings. The number of carbonyl (C=O) groups is 1. The van der Waals surface area contributed by atoms with E-state index in [9.17, 15) is 23.4 Å². The Kier molecular flexibility index (Phi) is 9.90. The Hall–Kier alpha value is -2.62. The van der Waals surface area contributed by atoms with Crippen molar-refractivity contribution in [2.45, 2.75) is 28.7 Å². The molecule has 0 unspecified atom stereocenters. The zero-order valence-electron chi connectivity index (χ0n) is 18.1. The summed E-state index contributed by atoms with van der Waals surface area (Å²) in [5, 5.41) is 23.7. The number of aliphatic hydroxyl groups is 1. The summed E-state index contributed by atoms with van der Waals surface area (Å²) in [5.74, 6) is -1.28. The topological polar surface area (TPSA) is 130 Å². The van der Waals surface area contributed by atoms with Crippen LogP contribution in [0.4, 0.5) is 0 Å². The highest BCUT2D eigenvalue weighted by Crippen LogP contribution is 2.26. The smallest absolute Gasteiger partial charge is 0.252 e. The summed E-state index contributed by atoms with van der Waals surface area (Å²) in [6.45, 7) is 1.08. The van der Waals surface area contributed by atoms with Crippen LogP contribution in [0.25, 0.3) is 0 Å². The van der Waals surface area contributed by atoms with Gasteiger partial charge in [0.1, 0.15) is 5.75 Å². The summed E-state index contributed by atoms with van der Waals surface area (Å²) in [5.41, 5.74) is 6.66. The highest BCUT2D eigenvalue weighted by atomic mass is 35.5. The molecule has 182 valence electrons. The number of nitrogens with one attached hydrogen (secondary N) is 1. The number of aliphatic hydroxyl groups excluding tert-OH is 1. The van der Waals surface area contributed by atoms with E-state index in [0.717, 1.165) is 36.1 Å². The number of rotatable bonds is 10. The highest BCUT2D eigenvalue weighted by molar-refractivity contribution is 7.91. The number of benzene rings is 3. The first-order valence-corrected chi connectivity index (χ1v) is 12.2. The number of aryl methyl sites for hydroxylation is 1. The van der Waals surface area contributed by atoms with Gasteiger partial charge in [0.15, 0.2) is 0 Å². The van der Waals surface area contributed by atoms with Gasteiger partial charge in [0.2, 0.25) is 9.84 Å². The van der Waals surface area contributed by atoms with Gasteiger partial charge < -0.3 is 21.3 Å². The maximum absolute atomic E-state index is 12.9. The second-order valence-electron chi connectivity index (χ2n) is 7.57. The number of primary amides is 1. The molecule has 34 heavy (non-hydrogen) atoms. The fraction of sp³-hybridized carbons (Fsp3) is 0.208. The fourth-order valence-corrected chi connectivity index (χ4v) is 4.82. The minimum absolute atomic E-state index is 0. The molecule has 0 saturated carbocycles. The molecule has 5 N–H and O–H groups in total. The van der Waals surface area contributed by atoms with E-state index in [1.807, 2.05) is 6.07 Å². The van der Waals surface area contributed by atoms with E-state index in [2.05, 4.69) is 5.32 Å². The Bertz CT molecular complexity index is 1230. The van der Waals surface area contributed by atoms with Gasteiger partial charge in [-0.05, 0) is 73.0 Å². The lowest BCUT2D eigenvalue weighted by molar-refractivity contribution is 0.0997. The Morgan fingerprint density at radius 3 is 2.35 bits per heavy atom. The molecule has 1 atom stereocenters. The normalized spacial score (nSPS) is 12.1. The van der Waals surface area contributed by atoms with Crippen molar-refractivity contribution in [1.82, 2.24) is 5.32 Å². The maximum Gasteiger partial charge on any atom is 0.252 e. The van der Waals surface area contributed by atoms with E-state index in [4.69, 9.17) is 17.3 Å². The third kappa shape index (κ3) is 6.94. The van der Waals surface area contributed by atoms with E-state index in [-0.39, 0.29) is 33.5 Å². The predicted octanol–water partition coefficient (Wildman–Crippen LogP) is 3.65. The lowest BCUT2D eigenvalue weighted by Crippen LogP contribution is -2.22. The van der Waals surface area contributed by atoms with Crippen molar-refractivity contribution in [3.63, 3.8) is 0 Å². The summed E-state index contributed by atoms with van der Waals surface area (Å²) < 4.78 is 25.7. The average Bonchev–Trinajstić information content (AvgIpc) is 2.79. The molecule has 0 aliphatic heterocycles. The minimum atomic E-state index is -3.87. The summed E-state index contributed by atoms with van der Waals surface area (Å²) in [6, 6.07) is 17.0. The van der Waals surface area contributed by atoms with Gasteiger partial charge >= 0.3 is 0 Å². The zero-order chi connectivity index (χ0) is 24.0. The zero-order valence-corrected chi connectivity index (χ0v) is 20.5. The summed E-state index contributed by atoms with van der Waals surface area (Å²) in [7, 11) is -3.87. The first-order chi connectivity index (χ1) is 15.7. The number of halogens is 2. The summed E-state index contributed by atoms with van der Waals surface area (Å²) in [6.07, 6.45) is 0.878. The fourth-order valence-electron chi connectivity index (χ4n) is 3.34. The van der Waals surface area contributed by atoms with Gasteiger partial charge in [-0.15, -0.1) is 12.4 Å². The van der Waals surface area contributed by atoms with Crippen molar-refractivity contribution in [1.29, 1.82) is 0 Å². The Morgan fingerprint density at radius 1 is 1.03 bits per heavy atom. The molecule has 7 nitrogen and oxygen atoms in total. The summed E-state index contributed by atoms with van der Waals surface area (Å²) >= 11 is 5.94. The number of carbonyl (C=O) groups excluding carboxylic acids is 1. The SMILES string of the molecule is Cl.NC(=O)c1cc(S(=O)(=O)c2ccc(CCCNC[C@@H](O)c3cccc(Cl)c3)cc2)ccc1O. The quantitative estimate of drug-likeness (QED) is 0.299. The van der Waals surface area contributed by atoms with Crippen molar-refractivity contribution in [3.05, 3.63) is 88.4 Å². The lowest BCUT2D eigenvalue weighted by atomic mass is 10.1. The minimum Gasteiger partial charge on any atom is -0.507 e. The molecule has 1 amide bonds. The Balaban J connectivity index is 0.00000408. The van der Waals surface area contributed by atoms with Crippen molar-refractivity contribution in [2.75, 3.05) is 13.1 Å². The molecule has 0 aliphatic carbocycles. The van der Waals surface area contributed by atoms with Crippen molar-refractivity contribution in [3.8, 4) is 5.75 Å². The van der Waals surface area contributed by atoms with Gasteiger partial charge in [-0.3, -0.25) is 4.79 Å². The van der Waals surface area contributed by atoms with Gasteiger partial charge in [0.25, 0.3) is 5.91 Å². The maximum atomic E-state index is 12.9. The molecule has 0 aliphatic rings. The largest absolute Gasteiger partial charge is 0.507 e. The molecule has 0 bridgehead atoms. The number of hydrogen-bond acceptors (Lipinski definition) is 6. The Morgan fingerprint density at radius 2 is 1.71 bits per heavy atom. The predicted molar refractivity (Wildman–Crippen MR) is 133 cm³/mol. The van der Waals surface area contributed by atoms with E-state index in [1.165, 1.54) is 18.2 Å². The molecule has 10 heteroatoms. The number of phenols is 1. The van der Waals surface area contributed by atoms with Crippen LogP contribution in [0.2, 0.25) is 5.02 Å². The number of hydrogen-bond donors (Lipinski definition) is 4. The average molecular weight is 525 g/mol. The number of amides is 1. The third-order valence-corrected chi connectivity index (χ3v) is 7.17. The Labute approximate surface area is 209 Å². The van der Waals surface area contributed by atoms with Crippen molar-refractivity contribution >= 4 is 39.8 Å². The van der Waals surface area contributed by atoms with Crippen LogP contribution >= 0.6 is 24.0 Å². The van der Waals surface area contributed by atoms with E-state index >= 15 is 0 Å². The monoisotopic (exact) mass is 524 g/mol. The second-order valence-corrected chi connectivity index (χ2v) is 9.96. The molecule has 0 spiro atoms. The van der Waals surface area contributed by atoms with Gasteiger partial charge in [0, 0.05) is 11.6 Å². The van der Waals surface area contributed by atoms with Crippen LogP contribution in [0.3, 0.4) is 0 Å². The van der Waals surface area contributed by atoms with Crippen LogP contribution in [0.5, 0.6) is 5.75 Å². The molecule has 0 saturated heterocycles. The standard InChI is InChI=1S/C24H25ClN2O5S.ClH/c25-18-5-1-4-17(13-18)23(29)15-27-12-2-3-16-6-8-19(9-7-16)33(31,32)20-10-11-22(28)21(14-20)24(26)30;/h1,4-11,13-14,23,27-29H,2-3,12,15H2,(H2,26,30);1H/t23-;/m1./s1. The molecule has 0 aromatic heterocycles. The van der Waals surface area contributed by atoms with Gasteiger partial charge in [-0.25, -0.2) is 8.42 Å². The molecule has 0 radical (unpaired) electrons. The molecule has 0 fully saturated rings. The highest BCUT2D eigenvalue weighted by Gasteiger charge is 2.20. The number of sulfone groups is 1. The molecule has 0 heterocycles. The number of nitrogens with two attached hydrogens (primary N) is 1.